The van der Waals surface area contributed by atoms with E-state index >= 15 is 0 Å². The molecule has 0 aromatic carbocycles. The zero-order valence-electron chi connectivity index (χ0n) is 11.1. The van der Waals surface area contributed by atoms with Crippen molar-refractivity contribution in [1.82, 2.24) is 5.32 Å². The Labute approximate surface area is 116 Å². The largest absolute Gasteiger partial charge is 0.368 e. The molecule has 1 aliphatic rings. The van der Waals surface area contributed by atoms with Gasteiger partial charge in [-0.1, -0.05) is 0 Å². The highest BCUT2D eigenvalue weighted by atomic mass is 32.1. The zero-order valence-corrected chi connectivity index (χ0v) is 11.9. The van der Waals surface area contributed by atoms with Crippen molar-refractivity contribution in [3.05, 3.63) is 16.5 Å². The maximum Gasteiger partial charge on any atom is 0.261 e. The number of amides is 2. The van der Waals surface area contributed by atoms with E-state index in [-0.39, 0.29) is 12.5 Å². The topological polar surface area (TPSA) is 75.4 Å². The smallest absolute Gasteiger partial charge is 0.261 e. The molecule has 0 aliphatic carbocycles. The second kappa shape index (κ2) is 6.06. The number of nitrogens with two attached hydrogens (primary N) is 1. The third-order valence-electron chi connectivity index (χ3n) is 3.23. The lowest BCUT2D eigenvalue weighted by Gasteiger charge is -2.19. The van der Waals surface area contributed by atoms with E-state index in [2.05, 4.69) is 17.1 Å². The molecule has 0 bridgehead atoms. The summed E-state index contributed by atoms with van der Waals surface area (Å²) in [6.07, 6.45) is 3.37. The fourth-order valence-corrected chi connectivity index (χ4v) is 3.47. The van der Waals surface area contributed by atoms with E-state index in [1.807, 2.05) is 6.07 Å². The van der Waals surface area contributed by atoms with Crippen LogP contribution in [0.5, 0.6) is 0 Å². The van der Waals surface area contributed by atoms with Crippen LogP contribution in [-0.4, -0.2) is 31.4 Å². The van der Waals surface area contributed by atoms with Crippen molar-refractivity contribution in [3.8, 4) is 0 Å². The molecule has 0 unspecified atom stereocenters. The maximum absolute atomic E-state index is 11.9. The number of hydrogen-bond acceptors (Lipinski definition) is 4. The van der Waals surface area contributed by atoms with Crippen LogP contribution in [0.4, 0.5) is 5.00 Å². The Morgan fingerprint density at radius 1 is 1.47 bits per heavy atom. The van der Waals surface area contributed by atoms with Crippen molar-refractivity contribution in [2.24, 2.45) is 5.73 Å². The molecular weight excluding hydrogens is 262 g/mol. The van der Waals surface area contributed by atoms with Crippen molar-refractivity contribution in [3.63, 3.8) is 0 Å². The summed E-state index contributed by atoms with van der Waals surface area (Å²) >= 11 is 1.50. The number of fused-ring (bicyclic) bond motifs is 1. The number of primary amides is 1. The van der Waals surface area contributed by atoms with Crippen LogP contribution in [0.3, 0.4) is 0 Å². The van der Waals surface area contributed by atoms with E-state index in [9.17, 15) is 9.59 Å². The standard InChI is InChI=1S/C13H19N3O2S/c1-2-16-6-4-3-5-9-7-10(19-13(9)16)12(18)15-8-11(14)17/h7H,2-6,8H2,1H3,(H2,14,17)(H,15,18). The third kappa shape index (κ3) is 3.26. The summed E-state index contributed by atoms with van der Waals surface area (Å²) in [6, 6.07) is 1.95. The first-order valence-electron chi connectivity index (χ1n) is 6.56. The lowest BCUT2D eigenvalue weighted by molar-refractivity contribution is -0.117. The highest BCUT2D eigenvalue weighted by molar-refractivity contribution is 7.18. The van der Waals surface area contributed by atoms with Crippen LogP contribution in [0, 0.1) is 0 Å². The van der Waals surface area contributed by atoms with Crippen LogP contribution >= 0.6 is 11.3 Å². The maximum atomic E-state index is 11.9. The van der Waals surface area contributed by atoms with Gasteiger partial charge in [-0.15, -0.1) is 11.3 Å². The molecule has 1 aliphatic heterocycles. The molecule has 5 nitrogen and oxygen atoms in total. The van der Waals surface area contributed by atoms with Crippen molar-refractivity contribution in [2.45, 2.75) is 26.2 Å². The normalized spacial score (nSPS) is 14.7. The van der Waals surface area contributed by atoms with Gasteiger partial charge in [-0.3, -0.25) is 9.59 Å². The first kappa shape index (κ1) is 13.9. The van der Waals surface area contributed by atoms with Gasteiger partial charge in [0.1, 0.15) is 0 Å². The number of thiophene rings is 1. The van der Waals surface area contributed by atoms with Crippen LogP contribution < -0.4 is 16.0 Å². The number of nitrogens with zero attached hydrogens (tertiary/aromatic N) is 1. The van der Waals surface area contributed by atoms with Gasteiger partial charge in [-0.2, -0.15) is 0 Å². The molecule has 2 amide bonds. The molecular formula is C13H19N3O2S. The van der Waals surface area contributed by atoms with E-state index < -0.39 is 5.91 Å². The second-order valence-corrected chi connectivity index (χ2v) is 5.66. The van der Waals surface area contributed by atoms with Gasteiger partial charge in [0, 0.05) is 13.1 Å². The molecule has 0 radical (unpaired) electrons. The lowest BCUT2D eigenvalue weighted by atomic mass is 10.1. The first-order valence-corrected chi connectivity index (χ1v) is 7.37. The van der Waals surface area contributed by atoms with Crippen molar-refractivity contribution >= 4 is 28.2 Å². The summed E-state index contributed by atoms with van der Waals surface area (Å²) in [5.74, 6) is -0.741. The van der Waals surface area contributed by atoms with Gasteiger partial charge in [-0.05, 0) is 37.8 Å². The zero-order chi connectivity index (χ0) is 13.8. The molecule has 0 saturated heterocycles. The predicted octanol–water partition coefficient (Wildman–Crippen LogP) is 1.13. The lowest BCUT2D eigenvalue weighted by Crippen LogP contribution is -2.32. The SMILES string of the molecule is CCN1CCCCc2cc(C(=O)NCC(N)=O)sc21. The van der Waals surface area contributed by atoms with Gasteiger partial charge in [0.05, 0.1) is 16.4 Å². The van der Waals surface area contributed by atoms with Gasteiger partial charge in [0.15, 0.2) is 0 Å². The van der Waals surface area contributed by atoms with Crippen molar-refractivity contribution in [2.75, 3.05) is 24.5 Å². The van der Waals surface area contributed by atoms with Gasteiger partial charge in [0.2, 0.25) is 5.91 Å². The highest BCUT2D eigenvalue weighted by Gasteiger charge is 2.20. The predicted molar refractivity (Wildman–Crippen MR) is 76.7 cm³/mol. The van der Waals surface area contributed by atoms with Crippen molar-refractivity contribution < 1.29 is 9.59 Å². The molecule has 0 atom stereocenters. The van der Waals surface area contributed by atoms with Crippen LogP contribution in [0.25, 0.3) is 0 Å². The van der Waals surface area contributed by atoms with Gasteiger partial charge < -0.3 is 16.0 Å². The summed E-state index contributed by atoms with van der Waals surface area (Å²) < 4.78 is 0. The Bertz CT molecular complexity index is 484. The molecule has 104 valence electrons. The number of carbonyl (C=O) groups is 2. The number of rotatable bonds is 4. The van der Waals surface area contributed by atoms with E-state index in [0.29, 0.717) is 4.88 Å². The monoisotopic (exact) mass is 281 g/mol. The molecule has 0 saturated carbocycles. The van der Waals surface area contributed by atoms with Crippen LogP contribution in [0.2, 0.25) is 0 Å². The quantitative estimate of drug-likeness (QED) is 0.868. The Kier molecular flexibility index (Phi) is 4.42. The number of nitrogens with one attached hydrogen (secondary N) is 1. The van der Waals surface area contributed by atoms with E-state index in [1.54, 1.807) is 0 Å². The minimum atomic E-state index is -0.526. The van der Waals surface area contributed by atoms with Crippen molar-refractivity contribution in [1.29, 1.82) is 0 Å². The Morgan fingerprint density at radius 2 is 2.26 bits per heavy atom. The van der Waals surface area contributed by atoms with Gasteiger partial charge in [-0.25, -0.2) is 0 Å². The fraction of sp³-hybridized carbons (Fsp3) is 0.538. The Balaban J connectivity index is 2.16. The van der Waals surface area contributed by atoms with Gasteiger partial charge in [0.25, 0.3) is 5.91 Å². The average Bonchev–Trinajstić information content (AvgIpc) is 2.71. The molecule has 6 heteroatoms. The van der Waals surface area contributed by atoms with E-state index in [4.69, 9.17) is 5.73 Å². The van der Waals surface area contributed by atoms with Crippen LogP contribution in [-0.2, 0) is 11.2 Å². The molecule has 2 heterocycles. The Morgan fingerprint density at radius 3 is 2.95 bits per heavy atom. The average molecular weight is 281 g/mol. The summed E-state index contributed by atoms with van der Waals surface area (Å²) in [5, 5.41) is 3.73. The van der Waals surface area contributed by atoms with Gasteiger partial charge >= 0.3 is 0 Å². The molecule has 2 rings (SSSR count). The molecule has 19 heavy (non-hydrogen) atoms. The number of carbonyl (C=O) groups excluding carboxylic acids is 2. The molecule has 1 aromatic heterocycles. The number of anilines is 1. The van der Waals surface area contributed by atoms with Crippen LogP contribution in [0.1, 0.15) is 35.0 Å². The molecule has 3 N–H and O–H groups in total. The fourth-order valence-electron chi connectivity index (χ4n) is 2.25. The summed E-state index contributed by atoms with van der Waals surface area (Å²) in [5.41, 5.74) is 6.27. The number of aryl methyl sites for hydroxylation is 1. The summed E-state index contributed by atoms with van der Waals surface area (Å²) in [6.45, 7) is 4.02. The minimum Gasteiger partial charge on any atom is -0.368 e. The summed E-state index contributed by atoms with van der Waals surface area (Å²) in [7, 11) is 0. The minimum absolute atomic E-state index is 0.112. The van der Waals surface area contributed by atoms with E-state index in [0.717, 1.165) is 25.9 Å². The number of hydrogen-bond donors (Lipinski definition) is 2. The van der Waals surface area contributed by atoms with Crippen LogP contribution in [0.15, 0.2) is 6.07 Å². The summed E-state index contributed by atoms with van der Waals surface area (Å²) in [4.78, 5) is 25.6. The highest BCUT2D eigenvalue weighted by Crippen LogP contribution is 2.34. The molecule has 0 fully saturated rings. The molecule has 0 spiro atoms. The second-order valence-electron chi connectivity index (χ2n) is 4.63. The third-order valence-corrected chi connectivity index (χ3v) is 4.46. The molecule has 1 aromatic rings. The van der Waals surface area contributed by atoms with E-state index in [1.165, 1.54) is 28.3 Å². The first-order chi connectivity index (χ1) is 9.11. The Hall–Kier alpha value is -1.56.